The second kappa shape index (κ2) is 8.93. The first-order valence-corrected chi connectivity index (χ1v) is 6.87. The molecule has 1 amide bonds. The molecule has 1 aromatic carbocycles. The predicted octanol–water partition coefficient (Wildman–Crippen LogP) is 1.90. The van der Waals surface area contributed by atoms with Crippen LogP contribution in [-0.4, -0.2) is 25.6 Å². The zero-order valence-electron chi connectivity index (χ0n) is 12.3. The van der Waals surface area contributed by atoms with Gasteiger partial charge in [0.2, 0.25) is 0 Å². The van der Waals surface area contributed by atoms with E-state index in [1.807, 2.05) is 19.9 Å². The summed E-state index contributed by atoms with van der Waals surface area (Å²) < 4.78 is 18.8. The molecule has 1 aromatic rings. The number of ether oxygens (including phenoxy) is 1. The van der Waals surface area contributed by atoms with Gasteiger partial charge in [0.1, 0.15) is 11.6 Å². The van der Waals surface area contributed by atoms with Crippen LogP contribution in [0, 0.1) is 17.1 Å². The molecule has 0 bridgehead atoms. The summed E-state index contributed by atoms with van der Waals surface area (Å²) in [5, 5.41) is 14.1. The first-order valence-electron chi connectivity index (χ1n) is 6.87. The van der Waals surface area contributed by atoms with Gasteiger partial charge in [-0.05, 0) is 31.7 Å². The molecule has 21 heavy (non-hydrogen) atoms. The van der Waals surface area contributed by atoms with Gasteiger partial charge in [-0.3, -0.25) is 4.79 Å². The third kappa shape index (κ3) is 5.79. The van der Waals surface area contributed by atoms with Gasteiger partial charge in [0.25, 0.3) is 5.91 Å². The summed E-state index contributed by atoms with van der Waals surface area (Å²) >= 11 is 0. The third-order valence-corrected chi connectivity index (χ3v) is 2.87. The number of hydrogen-bond donors (Lipinski definition) is 2. The van der Waals surface area contributed by atoms with Gasteiger partial charge in [0.15, 0.2) is 6.61 Å². The highest BCUT2D eigenvalue weighted by molar-refractivity contribution is 5.77. The summed E-state index contributed by atoms with van der Waals surface area (Å²) in [5.74, 6) is -0.183. The summed E-state index contributed by atoms with van der Waals surface area (Å²) in [5.41, 5.74) is 0.668. The molecule has 5 nitrogen and oxygen atoms in total. The Hall–Kier alpha value is -2.13. The first-order chi connectivity index (χ1) is 10.1. The van der Waals surface area contributed by atoms with Crippen LogP contribution in [-0.2, 0) is 4.79 Å². The zero-order chi connectivity index (χ0) is 15.7. The Kier molecular flexibility index (Phi) is 7.19. The fraction of sp³-hybridized carbons (Fsp3) is 0.467. The monoisotopic (exact) mass is 293 g/mol. The summed E-state index contributed by atoms with van der Waals surface area (Å²) in [6.07, 6.45) is 0.255. The lowest BCUT2D eigenvalue weighted by Gasteiger charge is -2.17. The first kappa shape index (κ1) is 16.9. The molecule has 0 saturated carbocycles. The highest BCUT2D eigenvalue weighted by atomic mass is 19.1. The van der Waals surface area contributed by atoms with Gasteiger partial charge in [-0.2, -0.15) is 5.26 Å². The van der Waals surface area contributed by atoms with E-state index >= 15 is 0 Å². The number of hydrogen-bond acceptors (Lipinski definition) is 4. The van der Waals surface area contributed by atoms with Gasteiger partial charge in [-0.1, -0.05) is 6.92 Å². The quantitative estimate of drug-likeness (QED) is 0.718. The minimum atomic E-state index is -0.347. The van der Waals surface area contributed by atoms with Crippen molar-refractivity contribution in [2.75, 3.05) is 19.7 Å². The highest BCUT2D eigenvalue weighted by Crippen LogP contribution is 2.26. The standard InChI is InChI=1S/C15H20FN3O2/c1-3-18-11(2)13-9-12(16)5-6-14(13)21-10-15(20)19-8-4-7-17/h5-6,9,11,18H,3-4,8,10H2,1-2H3,(H,19,20). The number of benzene rings is 1. The second-order valence-corrected chi connectivity index (χ2v) is 4.51. The summed E-state index contributed by atoms with van der Waals surface area (Å²) in [4.78, 5) is 11.5. The number of nitrogens with one attached hydrogen (secondary N) is 2. The SMILES string of the molecule is CCNC(C)c1cc(F)ccc1OCC(=O)NCCC#N. The number of rotatable bonds is 8. The number of carbonyl (C=O) groups excluding carboxylic acids is 1. The Morgan fingerprint density at radius 3 is 2.95 bits per heavy atom. The van der Waals surface area contributed by atoms with Crippen LogP contribution in [0.5, 0.6) is 5.75 Å². The van der Waals surface area contributed by atoms with Crippen LogP contribution in [0.2, 0.25) is 0 Å². The van der Waals surface area contributed by atoms with Crippen molar-refractivity contribution in [3.05, 3.63) is 29.6 Å². The van der Waals surface area contributed by atoms with E-state index in [4.69, 9.17) is 10.00 Å². The van der Waals surface area contributed by atoms with Crippen LogP contribution in [0.3, 0.4) is 0 Å². The molecule has 0 aliphatic carbocycles. The maximum absolute atomic E-state index is 13.4. The van der Waals surface area contributed by atoms with Crippen LogP contribution in [0.25, 0.3) is 0 Å². The normalized spacial score (nSPS) is 11.5. The maximum atomic E-state index is 13.4. The van der Waals surface area contributed by atoms with Gasteiger partial charge in [-0.15, -0.1) is 0 Å². The molecule has 0 heterocycles. The van der Waals surface area contributed by atoms with Crippen LogP contribution in [0.1, 0.15) is 31.9 Å². The van der Waals surface area contributed by atoms with Crippen molar-refractivity contribution in [3.63, 3.8) is 0 Å². The largest absolute Gasteiger partial charge is 0.483 e. The summed E-state index contributed by atoms with van der Waals surface area (Å²) in [7, 11) is 0. The van der Waals surface area contributed by atoms with Crippen LogP contribution in [0.4, 0.5) is 4.39 Å². The summed E-state index contributed by atoms with van der Waals surface area (Å²) in [6, 6.07) is 6.07. The van der Waals surface area contributed by atoms with E-state index in [-0.39, 0.29) is 30.8 Å². The minimum absolute atomic E-state index is 0.0812. The Morgan fingerprint density at radius 1 is 1.52 bits per heavy atom. The highest BCUT2D eigenvalue weighted by Gasteiger charge is 2.13. The van der Waals surface area contributed by atoms with Gasteiger partial charge in [0.05, 0.1) is 12.5 Å². The molecule has 1 atom stereocenters. The molecule has 0 spiro atoms. The van der Waals surface area contributed by atoms with Crippen LogP contribution in [0.15, 0.2) is 18.2 Å². The maximum Gasteiger partial charge on any atom is 0.257 e. The lowest BCUT2D eigenvalue weighted by molar-refractivity contribution is -0.123. The fourth-order valence-electron chi connectivity index (χ4n) is 1.86. The molecular weight excluding hydrogens is 273 g/mol. The Bertz CT molecular complexity index is 514. The van der Waals surface area contributed by atoms with E-state index in [1.54, 1.807) is 0 Å². The van der Waals surface area contributed by atoms with Gasteiger partial charge in [0, 0.05) is 18.2 Å². The summed E-state index contributed by atoms with van der Waals surface area (Å²) in [6.45, 7) is 4.73. The predicted molar refractivity (Wildman–Crippen MR) is 77.2 cm³/mol. The average Bonchev–Trinajstić information content (AvgIpc) is 2.46. The van der Waals surface area contributed by atoms with E-state index in [9.17, 15) is 9.18 Å². The molecule has 0 aromatic heterocycles. The zero-order valence-corrected chi connectivity index (χ0v) is 12.3. The van der Waals surface area contributed by atoms with Crippen molar-refractivity contribution in [1.29, 1.82) is 5.26 Å². The van der Waals surface area contributed by atoms with Crippen molar-refractivity contribution in [2.24, 2.45) is 0 Å². The molecule has 0 radical (unpaired) electrons. The molecular formula is C15H20FN3O2. The van der Waals surface area contributed by atoms with Crippen LogP contribution >= 0.6 is 0 Å². The molecule has 0 fully saturated rings. The third-order valence-electron chi connectivity index (χ3n) is 2.87. The molecule has 0 aliphatic heterocycles. The topological polar surface area (TPSA) is 74.2 Å². The van der Waals surface area contributed by atoms with Crippen molar-refractivity contribution in [2.45, 2.75) is 26.3 Å². The second-order valence-electron chi connectivity index (χ2n) is 4.51. The number of carbonyl (C=O) groups is 1. The van der Waals surface area contributed by atoms with Gasteiger partial charge >= 0.3 is 0 Å². The number of amides is 1. The average molecular weight is 293 g/mol. The van der Waals surface area contributed by atoms with Crippen molar-refractivity contribution in [3.8, 4) is 11.8 Å². The van der Waals surface area contributed by atoms with E-state index < -0.39 is 0 Å². The lowest BCUT2D eigenvalue weighted by Crippen LogP contribution is -2.30. The number of halogens is 1. The Balaban J connectivity index is 2.66. The van der Waals surface area contributed by atoms with E-state index in [0.29, 0.717) is 17.9 Å². The van der Waals surface area contributed by atoms with Crippen molar-refractivity contribution in [1.82, 2.24) is 10.6 Å². The van der Waals surface area contributed by atoms with Crippen molar-refractivity contribution >= 4 is 5.91 Å². The van der Waals surface area contributed by atoms with Crippen LogP contribution < -0.4 is 15.4 Å². The smallest absolute Gasteiger partial charge is 0.257 e. The minimum Gasteiger partial charge on any atom is -0.483 e. The van der Waals surface area contributed by atoms with Gasteiger partial charge in [-0.25, -0.2) is 4.39 Å². The lowest BCUT2D eigenvalue weighted by atomic mass is 10.1. The van der Waals surface area contributed by atoms with Crippen molar-refractivity contribution < 1.29 is 13.9 Å². The molecule has 1 unspecified atom stereocenters. The molecule has 0 saturated heterocycles. The Labute approximate surface area is 124 Å². The number of nitriles is 1. The molecule has 0 aliphatic rings. The molecule has 6 heteroatoms. The molecule has 1 rings (SSSR count). The van der Waals surface area contributed by atoms with E-state index in [2.05, 4.69) is 10.6 Å². The fourth-order valence-corrected chi connectivity index (χ4v) is 1.86. The van der Waals surface area contributed by atoms with E-state index in [0.717, 1.165) is 6.54 Å². The van der Waals surface area contributed by atoms with Gasteiger partial charge < -0.3 is 15.4 Å². The number of nitrogens with zero attached hydrogens (tertiary/aromatic N) is 1. The Morgan fingerprint density at radius 2 is 2.29 bits per heavy atom. The molecule has 2 N–H and O–H groups in total. The molecule has 114 valence electrons. The van der Waals surface area contributed by atoms with E-state index in [1.165, 1.54) is 18.2 Å².